The number of carbonyl (C=O) groups excluding carboxylic acids is 2. The molecule has 0 bridgehead atoms. The molecule has 1 fully saturated rings. The zero-order valence-corrected chi connectivity index (χ0v) is 18.4. The highest BCUT2D eigenvalue weighted by Gasteiger charge is 2.32. The number of hydrogen-bond acceptors (Lipinski definition) is 7. The second-order valence-electron chi connectivity index (χ2n) is 7.31. The van der Waals surface area contributed by atoms with Crippen LogP contribution in [0.4, 0.5) is 0 Å². The normalized spacial score (nSPS) is 19.6. The summed E-state index contributed by atoms with van der Waals surface area (Å²) in [7, 11) is -2.36. The molecule has 0 saturated carbocycles. The minimum Gasteiger partial charge on any atom is -0.496 e. The van der Waals surface area contributed by atoms with E-state index in [1.54, 1.807) is 24.3 Å². The third kappa shape index (κ3) is 5.30. The van der Waals surface area contributed by atoms with Gasteiger partial charge in [-0.15, -0.1) is 0 Å². The van der Waals surface area contributed by atoms with Crippen molar-refractivity contribution in [2.75, 3.05) is 26.8 Å². The number of rotatable bonds is 7. The van der Waals surface area contributed by atoms with E-state index in [2.05, 4.69) is 0 Å². The van der Waals surface area contributed by atoms with Gasteiger partial charge in [-0.1, -0.05) is 18.2 Å². The number of para-hydroxylation sites is 1. The minimum atomic E-state index is -3.81. The minimum absolute atomic E-state index is 0.0145. The number of ether oxygens (including phenoxy) is 3. The van der Waals surface area contributed by atoms with E-state index in [9.17, 15) is 18.0 Å². The van der Waals surface area contributed by atoms with Crippen molar-refractivity contribution in [3.05, 3.63) is 59.7 Å². The van der Waals surface area contributed by atoms with Crippen molar-refractivity contribution in [1.82, 2.24) is 4.31 Å². The van der Waals surface area contributed by atoms with Gasteiger partial charge in [-0.2, -0.15) is 4.31 Å². The molecule has 166 valence electrons. The Bertz CT molecular complexity index is 1060. The molecule has 1 saturated heterocycles. The summed E-state index contributed by atoms with van der Waals surface area (Å²) in [4.78, 5) is 24.8. The van der Waals surface area contributed by atoms with Crippen LogP contribution in [0.2, 0.25) is 0 Å². The zero-order valence-electron chi connectivity index (χ0n) is 17.6. The average molecular weight is 448 g/mol. The van der Waals surface area contributed by atoms with Crippen LogP contribution in [0, 0.1) is 0 Å². The summed E-state index contributed by atoms with van der Waals surface area (Å²) in [5, 5.41) is 0. The van der Waals surface area contributed by atoms with Gasteiger partial charge in [0.25, 0.3) is 0 Å². The quantitative estimate of drug-likeness (QED) is 0.475. The van der Waals surface area contributed by atoms with Gasteiger partial charge in [0.1, 0.15) is 5.75 Å². The molecule has 2 unspecified atom stereocenters. The van der Waals surface area contributed by atoms with Gasteiger partial charge < -0.3 is 14.2 Å². The zero-order chi connectivity index (χ0) is 22.6. The molecule has 1 aliphatic rings. The first kappa shape index (κ1) is 22.9. The number of ketones is 1. The number of esters is 1. The highest BCUT2D eigenvalue weighted by atomic mass is 32.2. The summed E-state index contributed by atoms with van der Waals surface area (Å²) >= 11 is 0. The van der Waals surface area contributed by atoms with Crippen molar-refractivity contribution in [3.63, 3.8) is 0 Å². The van der Waals surface area contributed by atoms with E-state index in [-0.39, 0.29) is 35.8 Å². The summed E-state index contributed by atoms with van der Waals surface area (Å²) in [6.45, 7) is 3.59. The van der Waals surface area contributed by atoms with Crippen LogP contribution in [0.3, 0.4) is 0 Å². The highest BCUT2D eigenvalue weighted by Crippen LogP contribution is 2.22. The van der Waals surface area contributed by atoms with Crippen LogP contribution >= 0.6 is 0 Å². The van der Waals surface area contributed by atoms with Gasteiger partial charge in [-0.25, -0.2) is 13.2 Å². The molecule has 0 aromatic heterocycles. The van der Waals surface area contributed by atoms with Crippen molar-refractivity contribution >= 4 is 21.8 Å². The molecule has 2 aromatic carbocycles. The standard InChI is InChI=1S/C22H25NO7S/c1-15-12-23(13-16(2)30-15)31(26,27)18-8-6-7-17(11-18)22(25)29-14-20(24)19-9-4-5-10-21(19)28-3/h4-11,15-16H,12-14H2,1-3H3. The first-order chi connectivity index (χ1) is 14.7. The van der Waals surface area contributed by atoms with Gasteiger partial charge in [0.05, 0.1) is 35.3 Å². The van der Waals surface area contributed by atoms with Gasteiger partial charge in [-0.05, 0) is 44.2 Å². The van der Waals surface area contributed by atoms with Crippen LogP contribution in [0.5, 0.6) is 5.75 Å². The molecule has 31 heavy (non-hydrogen) atoms. The molecule has 3 rings (SSSR count). The Labute approximate surface area is 181 Å². The van der Waals surface area contributed by atoms with E-state index < -0.39 is 28.4 Å². The number of nitrogens with zero attached hydrogens (tertiary/aromatic N) is 1. The lowest BCUT2D eigenvalue weighted by Crippen LogP contribution is -2.48. The van der Waals surface area contributed by atoms with Gasteiger partial charge in [0.2, 0.25) is 15.8 Å². The predicted octanol–water partition coefficient (Wildman–Crippen LogP) is 2.53. The maximum atomic E-state index is 13.0. The first-order valence-electron chi connectivity index (χ1n) is 9.81. The Balaban J connectivity index is 1.72. The fraction of sp³-hybridized carbons (Fsp3) is 0.364. The van der Waals surface area contributed by atoms with Crippen molar-refractivity contribution in [3.8, 4) is 5.75 Å². The molecule has 0 aliphatic carbocycles. The van der Waals surface area contributed by atoms with Crippen molar-refractivity contribution in [2.24, 2.45) is 0 Å². The van der Waals surface area contributed by atoms with E-state index in [0.717, 1.165) is 0 Å². The van der Waals surface area contributed by atoms with Crippen LogP contribution in [-0.2, 0) is 19.5 Å². The number of methoxy groups -OCH3 is 1. The summed E-state index contributed by atoms with van der Waals surface area (Å²) in [5.41, 5.74) is 0.341. The molecule has 1 aliphatic heterocycles. The fourth-order valence-corrected chi connectivity index (χ4v) is 5.06. The van der Waals surface area contributed by atoms with E-state index in [0.29, 0.717) is 11.3 Å². The average Bonchev–Trinajstić information content (AvgIpc) is 2.76. The molecular weight excluding hydrogens is 422 g/mol. The Morgan fingerprint density at radius 1 is 1.06 bits per heavy atom. The van der Waals surface area contributed by atoms with Crippen LogP contribution in [0.25, 0.3) is 0 Å². The summed E-state index contributed by atoms with van der Waals surface area (Å²) in [6.07, 6.45) is -0.458. The van der Waals surface area contributed by atoms with Crippen LogP contribution in [0.1, 0.15) is 34.6 Å². The lowest BCUT2D eigenvalue weighted by atomic mass is 10.1. The van der Waals surface area contributed by atoms with E-state index in [4.69, 9.17) is 14.2 Å². The molecule has 0 spiro atoms. The molecule has 9 heteroatoms. The second-order valence-corrected chi connectivity index (χ2v) is 9.24. The maximum absolute atomic E-state index is 13.0. The van der Waals surface area contributed by atoms with Crippen molar-refractivity contribution < 1.29 is 32.2 Å². The summed E-state index contributed by atoms with van der Waals surface area (Å²) < 4.78 is 43.3. The van der Waals surface area contributed by atoms with Gasteiger partial charge >= 0.3 is 5.97 Å². The Hall–Kier alpha value is -2.75. The number of carbonyl (C=O) groups is 2. The van der Waals surface area contributed by atoms with Gasteiger partial charge in [0.15, 0.2) is 6.61 Å². The molecular formula is C22H25NO7S. The number of hydrogen-bond donors (Lipinski definition) is 0. The smallest absolute Gasteiger partial charge is 0.338 e. The highest BCUT2D eigenvalue weighted by molar-refractivity contribution is 7.89. The molecule has 0 amide bonds. The topological polar surface area (TPSA) is 99.2 Å². The Morgan fingerprint density at radius 3 is 2.42 bits per heavy atom. The summed E-state index contributed by atoms with van der Waals surface area (Å²) in [6, 6.07) is 12.2. The molecule has 1 heterocycles. The maximum Gasteiger partial charge on any atom is 0.338 e. The van der Waals surface area contributed by atoms with Gasteiger partial charge in [0, 0.05) is 13.1 Å². The third-order valence-electron chi connectivity index (χ3n) is 4.84. The van der Waals surface area contributed by atoms with E-state index in [1.807, 2.05) is 13.8 Å². The molecule has 8 nitrogen and oxygen atoms in total. The molecule has 2 atom stereocenters. The predicted molar refractivity (Wildman–Crippen MR) is 113 cm³/mol. The fourth-order valence-electron chi connectivity index (χ4n) is 3.43. The monoisotopic (exact) mass is 447 g/mol. The second kappa shape index (κ2) is 9.59. The lowest BCUT2D eigenvalue weighted by Gasteiger charge is -2.34. The molecule has 0 radical (unpaired) electrons. The van der Waals surface area contributed by atoms with Crippen LogP contribution in [-0.4, -0.2) is 63.5 Å². The largest absolute Gasteiger partial charge is 0.496 e. The van der Waals surface area contributed by atoms with Crippen LogP contribution in [0.15, 0.2) is 53.4 Å². The molecule has 0 N–H and O–H groups in total. The SMILES string of the molecule is COc1ccccc1C(=O)COC(=O)c1cccc(S(=O)(=O)N2CC(C)OC(C)C2)c1. The first-order valence-corrected chi connectivity index (χ1v) is 11.3. The Kier molecular flexibility index (Phi) is 7.09. The number of sulfonamides is 1. The van der Waals surface area contributed by atoms with Crippen molar-refractivity contribution in [2.45, 2.75) is 31.0 Å². The van der Waals surface area contributed by atoms with Crippen LogP contribution < -0.4 is 4.74 Å². The molecule has 2 aromatic rings. The summed E-state index contributed by atoms with van der Waals surface area (Å²) in [5.74, 6) is -0.833. The van der Waals surface area contributed by atoms with Gasteiger partial charge in [-0.3, -0.25) is 4.79 Å². The number of benzene rings is 2. The lowest BCUT2D eigenvalue weighted by molar-refractivity contribution is -0.0440. The van der Waals surface area contributed by atoms with E-state index >= 15 is 0 Å². The van der Waals surface area contributed by atoms with E-state index in [1.165, 1.54) is 35.7 Å². The van der Waals surface area contributed by atoms with Crippen molar-refractivity contribution in [1.29, 1.82) is 0 Å². The number of Topliss-reactive ketones (excluding diaryl/α,β-unsaturated/α-hetero) is 1. The Morgan fingerprint density at radius 2 is 1.74 bits per heavy atom. The third-order valence-corrected chi connectivity index (χ3v) is 6.66. The number of morpholine rings is 1.